The number of nitrogens with zero attached hydrogens (tertiary/aromatic N) is 1. The zero-order chi connectivity index (χ0) is 17.7. The molecule has 0 saturated carbocycles. The Kier molecular flexibility index (Phi) is 3.67. The first-order chi connectivity index (χ1) is 12.0. The second kappa shape index (κ2) is 5.76. The largest absolute Gasteiger partial charge is 0.450 e. The highest BCUT2D eigenvalue weighted by Gasteiger charge is 2.26. The number of furan rings is 1. The Morgan fingerprint density at radius 3 is 2.84 bits per heavy atom. The first-order valence-corrected chi connectivity index (χ1v) is 8.73. The fourth-order valence-electron chi connectivity index (χ4n) is 3.58. The molecule has 130 valence electrons. The van der Waals surface area contributed by atoms with Crippen LogP contribution in [0.25, 0.3) is 11.0 Å². The molecular weight excluding hydrogens is 316 g/mol. The second-order valence-corrected chi connectivity index (χ2v) is 7.18. The van der Waals surface area contributed by atoms with Crippen LogP contribution < -0.4 is 5.32 Å². The van der Waals surface area contributed by atoms with Crippen molar-refractivity contribution in [1.29, 1.82) is 0 Å². The third-order valence-electron chi connectivity index (χ3n) is 5.35. The van der Waals surface area contributed by atoms with E-state index in [0.717, 1.165) is 58.2 Å². The average molecular weight is 338 g/mol. The zero-order valence-corrected chi connectivity index (χ0v) is 15.0. The summed E-state index contributed by atoms with van der Waals surface area (Å²) in [7, 11) is 0. The van der Waals surface area contributed by atoms with Gasteiger partial charge in [0, 0.05) is 16.5 Å². The lowest BCUT2D eigenvalue weighted by atomic mass is 9.89. The topological polar surface area (TPSA) is 68.3 Å². The number of hydrogen-bond donors (Lipinski definition) is 1. The van der Waals surface area contributed by atoms with Crippen molar-refractivity contribution in [2.45, 2.75) is 47.0 Å². The van der Waals surface area contributed by atoms with E-state index in [1.165, 1.54) is 0 Å². The van der Waals surface area contributed by atoms with Gasteiger partial charge in [-0.1, -0.05) is 24.2 Å². The van der Waals surface area contributed by atoms with Crippen molar-refractivity contribution in [3.63, 3.8) is 0 Å². The predicted octanol–water partition coefficient (Wildman–Crippen LogP) is 4.72. The maximum Gasteiger partial charge on any atom is 0.294 e. The van der Waals surface area contributed by atoms with Crippen LogP contribution in [-0.4, -0.2) is 11.1 Å². The molecule has 0 fully saturated rings. The van der Waals surface area contributed by atoms with Gasteiger partial charge in [-0.25, -0.2) is 0 Å². The van der Waals surface area contributed by atoms with E-state index >= 15 is 0 Å². The van der Waals surface area contributed by atoms with E-state index in [1.807, 2.05) is 26.8 Å². The van der Waals surface area contributed by atoms with Crippen LogP contribution in [0, 0.1) is 26.7 Å². The molecule has 3 aromatic rings. The Morgan fingerprint density at radius 1 is 1.24 bits per heavy atom. The summed E-state index contributed by atoms with van der Waals surface area (Å²) in [4.78, 5) is 12.8. The number of benzene rings is 1. The van der Waals surface area contributed by atoms with E-state index in [9.17, 15) is 4.79 Å². The molecular formula is C20H22N2O3. The van der Waals surface area contributed by atoms with Gasteiger partial charge in [-0.05, 0) is 57.1 Å². The van der Waals surface area contributed by atoms with Gasteiger partial charge in [0.25, 0.3) is 5.91 Å². The molecule has 5 nitrogen and oxygen atoms in total. The van der Waals surface area contributed by atoms with Crippen molar-refractivity contribution >= 4 is 22.8 Å². The number of amides is 1. The molecule has 25 heavy (non-hydrogen) atoms. The molecule has 1 aliphatic carbocycles. The number of carbonyl (C=O) groups is 1. The number of nitrogens with one attached hydrogen (secondary N) is 1. The van der Waals surface area contributed by atoms with Gasteiger partial charge >= 0.3 is 0 Å². The minimum atomic E-state index is -0.289. The molecule has 1 N–H and O–H groups in total. The molecule has 0 saturated heterocycles. The lowest BCUT2D eigenvalue weighted by Gasteiger charge is -2.16. The Balaban J connectivity index is 1.69. The molecule has 2 aromatic heterocycles. The smallest absolute Gasteiger partial charge is 0.294 e. The molecule has 1 aliphatic rings. The molecule has 0 radical (unpaired) electrons. The quantitative estimate of drug-likeness (QED) is 0.734. The highest BCUT2D eigenvalue weighted by molar-refractivity contribution is 6.06. The lowest BCUT2D eigenvalue weighted by molar-refractivity contribution is 0.0994. The van der Waals surface area contributed by atoms with Gasteiger partial charge in [-0.15, -0.1) is 0 Å². The van der Waals surface area contributed by atoms with Crippen LogP contribution in [-0.2, 0) is 12.8 Å². The van der Waals surface area contributed by atoms with Gasteiger partial charge in [-0.3, -0.25) is 10.1 Å². The Morgan fingerprint density at radius 2 is 2.04 bits per heavy atom. The monoisotopic (exact) mass is 338 g/mol. The summed E-state index contributed by atoms with van der Waals surface area (Å²) in [6.07, 6.45) is 2.89. The molecule has 1 amide bonds. The first-order valence-electron chi connectivity index (χ1n) is 8.73. The van der Waals surface area contributed by atoms with Crippen molar-refractivity contribution in [3.05, 3.63) is 45.8 Å². The lowest BCUT2D eigenvalue weighted by Crippen LogP contribution is -2.16. The molecule has 5 heteroatoms. The van der Waals surface area contributed by atoms with Crippen LogP contribution in [0.5, 0.6) is 0 Å². The van der Waals surface area contributed by atoms with Crippen LogP contribution >= 0.6 is 0 Å². The molecule has 1 aromatic carbocycles. The van der Waals surface area contributed by atoms with Crippen LogP contribution in [0.3, 0.4) is 0 Å². The van der Waals surface area contributed by atoms with Crippen LogP contribution in [0.2, 0.25) is 0 Å². The molecule has 0 unspecified atom stereocenters. The minimum Gasteiger partial charge on any atom is -0.450 e. The number of hydrogen-bond acceptors (Lipinski definition) is 4. The summed E-state index contributed by atoms with van der Waals surface area (Å²) in [5.74, 6) is 1.07. The minimum absolute atomic E-state index is 0.289. The highest BCUT2D eigenvalue weighted by Crippen LogP contribution is 2.33. The van der Waals surface area contributed by atoms with Gasteiger partial charge < -0.3 is 8.94 Å². The zero-order valence-electron chi connectivity index (χ0n) is 15.0. The maximum absolute atomic E-state index is 12.8. The van der Waals surface area contributed by atoms with Crippen molar-refractivity contribution in [2.24, 2.45) is 5.92 Å². The van der Waals surface area contributed by atoms with E-state index in [1.54, 1.807) is 0 Å². The number of carbonyl (C=O) groups excluding carboxylic acids is 1. The number of aromatic nitrogens is 1. The summed E-state index contributed by atoms with van der Waals surface area (Å²) in [5.41, 5.74) is 5.80. The average Bonchev–Trinajstić information content (AvgIpc) is 3.13. The molecule has 4 rings (SSSR count). The Labute approximate surface area is 146 Å². The predicted molar refractivity (Wildman–Crippen MR) is 96.1 cm³/mol. The maximum atomic E-state index is 12.8. The van der Waals surface area contributed by atoms with E-state index in [2.05, 4.69) is 23.5 Å². The van der Waals surface area contributed by atoms with Crippen molar-refractivity contribution in [2.75, 3.05) is 5.32 Å². The number of anilines is 1. The molecule has 2 heterocycles. The summed E-state index contributed by atoms with van der Waals surface area (Å²) in [6.45, 7) is 8.16. The number of rotatable bonds is 2. The van der Waals surface area contributed by atoms with Gasteiger partial charge in [0.05, 0.1) is 5.69 Å². The van der Waals surface area contributed by atoms with Gasteiger partial charge in [-0.2, -0.15) is 0 Å². The molecule has 1 atom stereocenters. The molecule has 0 spiro atoms. The second-order valence-electron chi connectivity index (χ2n) is 7.18. The van der Waals surface area contributed by atoms with Crippen molar-refractivity contribution < 1.29 is 13.7 Å². The highest BCUT2D eigenvalue weighted by atomic mass is 16.5. The summed E-state index contributed by atoms with van der Waals surface area (Å²) in [5, 5.41) is 7.94. The SMILES string of the molecule is Cc1ccc2c(C)c(C(=O)Nc3onc4c3C[C@@H](C)CC4)oc2c1C. The number of fused-ring (bicyclic) bond motifs is 2. The standard InChI is InChI=1S/C20H22N2O3/c1-10-5-8-16-15(9-10)20(25-22-16)21-19(23)18-13(4)14-7-6-11(2)12(3)17(14)24-18/h6-7,10H,5,8-9H2,1-4H3,(H,21,23)/t10-/m0/s1. The summed E-state index contributed by atoms with van der Waals surface area (Å²) < 4.78 is 11.3. The van der Waals surface area contributed by atoms with Gasteiger partial charge in [0.2, 0.25) is 5.88 Å². The third kappa shape index (κ3) is 2.54. The van der Waals surface area contributed by atoms with Crippen molar-refractivity contribution in [1.82, 2.24) is 5.16 Å². The summed E-state index contributed by atoms with van der Waals surface area (Å²) in [6, 6.07) is 4.06. The molecule has 0 aliphatic heterocycles. The number of aryl methyl sites for hydroxylation is 4. The first kappa shape index (κ1) is 15.9. The van der Waals surface area contributed by atoms with Crippen molar-refractivity contribution in [3.8, 4) is 0 Å². The summed E-state index contributed by atoms with van der Waals surface area (Å²) >= 11 is 0. The van der Waals surface area contributed by atoms with Gasteiger partial charge in [0.15, 0.2) is 5.76 Å². The van der Waals surface area contributed by atoms with E-state index < -0.39 is 0 Å². The normalized spacial score (nSPS) is 16.9. The van der Waals surface area contributed by atoms with E-state index in [4.69, 9.17) is 8.94 Å². The van der Waals surface area contributed by atoms with E-state index in [0.29, 0.717) is 17.6 Å². The van der Waals surface area contributed by atoms with E-state index in [-0.39, 0.29) is 5.91 Å². The Hall–Kier alpha value is -2.56. The molecule has 0 bridgehead atoms. The fourth-order valence-corrected chi connectivity index (χ4v) is 3.58. The third-order valence-corrected chi connectivity index (χ3v) is 5.35. The van der Waals surface area contributed by atoms with Crippen LogP contribution in [0.15, 0.2) is 21.1 Å². The van der Waals surface area contributed by atoms with Crippen LogP contribution in [0.1, 0.15) is 51.8 Å². The van der Waals surface area contributed by atoms with Gasteiger partial charge in [0.1, 0.15) is 5.58 Å². The Bertz CT molecular complexity index is 981. The van der Waals surface area contributed by atoms with Crippen LogP contribution in [0.4, 0.5) is 5.88 Å². The fraction of sp³-hybridized carbons (Fsp3) is 0.400.